The van der Waals surface area contributed by atoms with Gasteiger partial charge in [0.2, 0.25) is 0 Å². The number of rotatable bonds is 2. The number of ether oxygens (including phenoxy) is 2. The van der Waals surface area contributed by atoms with Gasteiger partial charge in [0.25, 0.3) is 0 Å². The summed E-state index contributed by atoms with van der Waals surface area (Å²) >= 11 is 0. The molecule has 0 bridgehead atoms. The fourth-order valence-electron chi connectivity index (χ4n) is 1.78. The Kier molecular flexibility index (Phi) is 4.97. The first-order valence-corrected chi connectivity index (χ1v) is 7.12. The third-order valence-corrected chi connectivity index (χ3v) is 2.70. The van der Waals surface area contributed by atoms with E-state index in [0.29, 0.717) is 16.9 Å². The van der Waals surface area contributed by atoms with Gasteiger partial charge in [-0.05, 0) is 38.1 Å². The van der Waals surface area contributed by atoms with Gasteiger partial charge in [0.15, 0.2) is 0 Å². The summed E-state index contributed by atoms with van der Waals surface area (Å²) in [6.45, 7) is 3.16. The first-order chi connectivity index (χ1) is 11.2. The number of hydrogen-bond acceptors (Lipinski definition) is 6. The summed E-state index contributed by atoms with van der Waals surface area (Å²) in [7, 11) is 0. The molecule has 0 unspecified atom stereocenters. The van der Waals surface area contributed by atoms with Crippen LogP contribution in [0, 0.1) is 11.8 Å². The lowest BCUT2D eigenvalue weighted by Gasteiger charge is -2.08. The van der Waals surface area contributed by atoms with Crippen LogP contribution in [0.4, 0.5) is 16.2 Å². The van der Waals surface area contributed by atoms with Crippen molar-refractivity contribution < 1.29 is 19.4 Å². The number of nitrogen functional groups attached to an aromatic ring is 2. The molecule has 6 nitrogen and oxygen atoms in total. The first kappa shape index (κ1) is 17.2. The van der Waals surface area contributed by atoms with Crippen LogP contribution in [0.15, 0.2) is 42.5 Å². The number of carbonyl (C=O) groups excluding carboxylic acids is 1. The van der Waals surface area contributed by atoms with Crippen molar-refractivity contribution in [2.45, 2.75) is 19.4 Å². The minimum Gasteiger partial charge on any atom is -0.399 e. The highest BCUT2D eigenvalue weighted by Gasteiger charge is 2.10. The second-order valence-electron chi connectivity index (χ2n) is 5.63. The van der Waals surface area contributed by atoms with Gasteiger partial charge in [0, 0.05) is 29.1 Å². The molecule has 0 aromatic heterocycles. The third-order valence-electron chi connectivity index (χ3n) is 2.70. The Hall–Kier alpha value is -3.17. The molecule has 0 aliphatic carbocycles. The smallest absolute Gasteiger partial charge is 0.399 e. The SMILES string of the molecule is CC(C)(O)C#Cc1cccc(OC(=O)Oc2cc(N)cc(N)c2)c1. The molecular weight excluding hydrogens is 308 g/mol. The zero-order chi connectivity index (χ0) is 17.7. The Labute approximate surface area is 140 Å². The predicted molar refractivity (Wildman–Crippen MR) is 91.5 cm³/mol. The molecule has 0 spiro atoms. The van der Waals surface area contributed by atoms with Crippen LogP contribution in [-0.4, -0.2) is 16.9 Å². The largest absolute Gasteiger partial charge is 0.519 e. The van der Waals surface area contributed by atoms with Crippen LogP contribution >= 0.6 is 0 Å². The van der Waals surface area contributed by atoms with E-state index in [0.717, 1.165) is 0 Å². The maximum atomic E-state index is 11.8. The number of aliphatic hydroxyl groups is 1. The minimum atomic E-state index is -1.11. The van der Waals surface area contributed by atoms with Gasteiger partial charge < -0.3 is 26.0 Å². The lowest BCUT2D eigenvalue weighted by molar-refractivity contribution is 0.143. The molecule has 0 saturated carbocycles. The molecule has 2 rings (SSSR count). The highest BCUT2D eigenvalue weighted by atomic mass is 16.7. The van der Waals surface area contributed by atoms with Gasteiger partial charge in [0.1, 0.15) is 17.1 Å². The molecule has 0 atom stereocenters. The zero-order valence-electron chi connectivity index (χ0n) is 13.4. The fraction of sp³-hybridized carbons (Fsp3) is 0.167. The molecule has 2 aromatic rings. The summed E-state index contributed by atoms with van der Waals surface area (Å²) in [5.41, 5.74) is 11.5. The summed E-state index contributed by atoms with van der Waals surface area (Å²) in [5.74, 6) is 5.93. The van der Waals surface area contributed by atoms with E-state index in [1.165, 1.54) is 12.1 Å². The highest BCUT2D eigenvalue weighted by Crippen LogP contribution is 2.21. The maximum absolute atomic E-state index is 11.8. The van der Waals surface area contributed by atoms with E-state index in [1.807, 2.05) is 0 Å². The number of nitrogens with two attached hydrogens (primary N) is 2. The second kappa shape index (κ2) is 6.94. The van der Waals surface area contributed by atoms with Crippen molar-refractivity contribution in [3.05, 3.63) is 48.0 Å². The molecule has 24 heavy (non-hydrogen) atoms. The average Bonchev–Trinajstić information content (AvgIpc) is 2.43. The van der Waals surface area contributed by atoms with Crippen molar-refractivity contribution in [3.63, 3.8) is 0 Å². The molecule has 0 heterocycles. The van der Waals surface area contributed by atoms with Gasteiger partial charge in [0.05, 0.1) is 0 Å². The van der Waals surface area contributed by atoms with Gasteiger partial charge in [-0.3, -0.25) is 0 Å². The van der Waals surface area contributed by atoms with E-state index in [9.17, 15) is 9.90 Å². The predicted octanol–water partition coefficient (Wildman–Crippen LogP) is 2.55. The van der Waals surface area contributed by atoms with E-state index in [4.69, 9.17) is 20.9 Å². The highest BCUT2D eigenvalue weighted by molar-refractivity contribution is 5.69. The second-order valence-corrected chi connectivity index (χ2v) is 5.63. The standard InChI is InChI=1S/C18H18N2O4/c1-18(2,22)7-6-12-4-3-5-15(8-12)23-17(21)24-16-10-13(19)9-14(20)11-16/h3-5,8-11,22H,19-20H2,1-2H3. The van der Waals surface area contributed by atoms with E-state index in [-0.39, 0.29) is 11.5 Å². The van der Waals surface area contributed by atoms with E-state index in [1.54, 1.807) is 44.2 Å². The van der Waals surface area contributed by atoms with Crippen molar-refractivity contribution in [2.75, 3.05) is 11.5 Å². The molecule has 2 aromatic carbocycles. The summed E-state index contributed by atoms with van der Waals surface area (Å²) in [6.07, 6.45) is -0.924. The van der Waals surface area contributed by atoms with Gasteiger partial charge >= 0.3 is 6.16 Å². The average molecular weight is 326 g/mol. The fourth-order valence-corrected chi connectivity index (χ4v) is 1.78. The summed E-state index contributed by atoms with van der Waals surface area (Å²) in [6, 6.07) is 11.0. The van der Waals surface area contributed by atoms with E-state index < -0.39 is 11.8 Å². The van der Waals surface area contributed by atoms with Crippen LogP contribution in [0.2, 0.25) is 0 Å². The van der Waals surface area contributed by atoms with Crippen LogP contribution < -0.4 is 20.9 Å². The molecule has 5 N–H and O–H groups in total. The van der Waals surface area contributed by atoms with Crippen molar-refractivity contribution in [1.82, 2.24) is 0 Å². The molecule has 124 valence electrons. The van der Waals surface area contributed by atoms with Gasteiger partial charge in [-0.15, -0.1) is 0 Å². The van der Waals surface area contributed by atoms with Gasteiger partial charge in [-0.1, -0.05) is 17.9 Å². The van der Waals surface area contributed by atoms with Crippen LogP contribution in [0.5, 0.6) is 11.5 Å². The Balaban J connectivity index is 2.07. The molecule has 0 fully saturated rings. The Morgan fingerprint density at radius 2 is 1.67 bits per heavy atom. The summed E-state index contributed by atoms with van der Waals surface area (Å²) < 4.78 is 10.1. The van der Waals surface area contributed by atoms with Crippen molar-refractivity contribution in [3.8, 4) is 23.3 Å². The van der Waals surface area contributed by atoms with Gasteiger partial charge in [-0.2, -0.15) is 0 Å². The maximum Gasteiger partial charge on any atom is 0.519 e. The molecule has 0 aliphatic rings. The Bertz CT molecular complexity index is 793. The molecule has 6 heteroatoms. The topological polar surface area (TPSA) is 108 Å². The normalized spacial score (nSPS) is 10.5. The van der Waals surface area contributed by atoms with Gasteiger partial charge in [-0.25, -0.2) is 4.79 Å². The number of anilines is 2. The summed E-state index contributed by atoms with van der Waals surface area (Å²) in [5, 5.41) is 9.60. The Morgan fingerprint density at radius 3 is 2.29 bits per heavy atom. The van der Waals surface area contributed by atoms with Crippen molar-refractivity contribution in [2.24, 2.45) is 0 Å². The van der Waals surface area contributed by atoms with Crippen molar-refractivity contribution >= 4 is 17.5 Å². The monoisotopic (exact) mass is 326 g/mol. The molecule has 0 amide bonds. The zero-order valence-corrected chi connectivity index (χ0v) is 13.4. The van der Waals surface area contributed by atoms with Crippen LogP contribution in [-0.2, 0) is 0 Å². The van der Waals surface area contributed by atoms with E-state index in [2.05, 4.69) is 11.8 Å². The number of hydrogen-bond donors (Lipinski definition) is 3. The van der Waals surface area contributed by atoms with Crippen LogP contribution in [0.25, 0.3) is 0 Å². The van der Waals surface area contributed by atoms with Crippen LogP contribution in [0.3, 0.4) is 0 Å². The molecule has 0 saturated heterocycles. The Morgan fingerprint density at radius 1 is 1.04 bits per heavy atom. The number of benzene rings is 2. The van der Waals surface area contributed by atoms with Crippen molar-refractivity contribution in [1.29, 1.82) is 0 Å². The molecular formula is C18H18N2O4. The van der Waals surface area contributed by atoms with Crippen LogP contribution in [0.1, 0.15) is 19.4 Å². The molecule has 0 aliphatic heterocycles. The summed E-state index contributed by atoms with van der Waals surface area (Å²) in [4.78, 5) is 11.8. The number of carbonyl (C=O) groups is 1. The van der Waals surface area contributed by atoms with E-state index >= 15 is 0 Å². The molecule has 0 radical (unpaired) electrons. The minimum absolute atomic E-state index is 0.190. The lowest BCUT2D eigenvalue weighted by atomic mass is 10.1. The third kappa shape index (κ3) is 5.55. The first-order valence-electron chi connectivity index (χ1n) is 7.12. The lowest BCUT2D eigenvalue weighted by Crippen LogP contribution is -2.15. The quantitative estimate of drug-likeness (QED) is 0.339.